The average Bonchev–Trinajstić information content (AvgIpc) is 3.23. The average molecular weight is 485 g/mol. The van der Waals surface area contributed by atoms with E-state index in [1.54, 1.807) is 0 Å². The fourth-order valence-electron chi connectivity index (χ4n) is 9.19. The number of rotatable bonds is 3. The van der Waals surface area contributed by atoms with Crippen LogP contribution in [0.2, 0.25) is 0 Å². The topological polar surface area (TPSA) is 49.4 Å². The zero-order chi connectivity index (χ0) is 25.2. The van der Waals surface area contributed by atoms with Crippen LogP contribution in [0.4, 0.5) is 0 Å². The molecule has 4 nitrogen and oxygen atoms in total. The van der Waals surface area contributed by atoms with E-state index in [1.165, 1.54) is 22.8 Å². The molecular formula is C32H40N2O2. The molecule has 0 radical (unpaired) electrons. The minimum absolute atomic E-state index is 0.0163. The Morgan fingerprint density at radius 2 is 1.78 bits per heavy atom. The van der Waals surface area contributed by atoms with Gasteiger partial charge in [-0.1, -0.05) is 62.4 Å². The molecule has 1 aliphatic heterocycles. The lowest BCUT2D eigenvalue weighted by atomic mass is 9.47. The molecule has 8 atom stereocenters. The van der Waals surface area contributed by atoms with Gasteiger partial charge >= 0.3 is 0 Å². The second-order valence-electron chi connectivity index (χ2n) is 12.6. The SMILES string of the molecule is C[C@@H](NC(=O)C1CC[C@H]2[C@@H]3CCC4N(C)C(=O)C=C[C@]4(C)[C@@H]3CC[C@]12C)c1cccc2ccccc12. The molecule has 190 valence electrons. The molecule has 1 heterocycles. The van der Waals surface area contributed by atoms with Gasteiger partial charge in [0.05, 0.1) is 6.04 Å². The summed E-state index contributed by atoms with van der Waals surface area (Å²) in [5.41, 5.74) is 1.31. The standard InChI is InChI=1S/C32H40N2O2/c1-20(22-11-7-9-21-8-5-6-10-23(21)22)33-30(36)27-14-13-25-24-12-15-28-32(3,19-17-29(35)34(28)4)26(24)16-18-31(25,27)2/h5-11,17,19-20,24-28H,12-16,18H2,1-4H3,(H,33,36)/t20-,24+,25+,26-,27?,28?,31+,32-/m1/s1. The van der Waals surface area contributed by atoms with Crippen molar-refractivity contribution >= 4 is 22.6 Å². The number of nitrogens with one attached hydrogen (secondary N) is 1. The van der Waals surface area contributed by atoms with Gasteiger partial charge < -0.3 is 10.2 Å². The van der Waals surface area contributed by atoms with E-state index in [2.05, 4.69) is 74.6 Å². The molecule has 6 rings (SSSR count). The highest BCUT2D eigenvalue weighted by Gasteiger charge is 2.61. The lowest BCUT2D eigenvalue weighted by Crippen LogP contribution is -2.59. The molecule has 3 saturated carbocycles. The van der Waals surface area contributed by atoms with E-state index < -0.39 is 0 Å². The first-order chi connectivity index (χ1) is 17.2. The van der Waals surface area contributed by atoms with Gasteiger partial charge in [-0.05, 0) is 91.0 Å². The lowest BCUT2D eigenvalue weighted by molar-refractivity contribution is -0.142. The Kier molecular flexibility index (Phi) is 5.59. The number of carbonyl (C=O) groups is 2. The summed E-state index contributed by atoms with van der Waals surface area (Å²) < 4.78 is 0. The first-order valence-corrected chi connectivity index (χ1v) is 14.0. The molecule has 4 heteroatoms. The van der Waals surface area contributed by atoms with Gasteiger partial charge in [-0.2, -0.15) is 0 Å². The van der Waals surface area contributed by atoms with Crippen molar-refractivity contribution in [2.45, 2.75) is 71.4 Å². The molecular weight excluding hydrogens is 444 g/mol. The fraction of sp³-hybridized carbons (Fsp3) is 0.562. The number of benzene rings is 2. The van der Waals surface area contributed by atoms with Gasteiger partial charge in [0, 0.05) is 24.4 Å². The summed E-state index contributed by atoms with van der Waals surface area (Å²) in [4.78, 5) is 28.1. The molecule has 4 aliphatic rings. The summed E-state index contributed by atoms with van der Waals surface area (Å²) in [5.74, 6) is 2.30. The molecule has 0 saturated heterocycles. The van der Waals surface area contributed by atoms with E-state index in [4.69, 9.17) is 0 Å². The van der Waals surface area contributed by atoms with Gasteiger partial charge in [-0.15, -0.1) is 0 Å². The van der Waals surface area contributed by atoms with Crippen molar-refractivity contribution in [3.05, 3.63) is 60.2 Å². The lowest BCUT2D eigenvalue weighted by Gasteiger charge is -2.60. The van der Waals surface area contributed by atoms with Crippen LogP contribution in [-0.4, -0.2) is 29.8 Å². The number of nitrogens with zero attached hydrogens (tertiary/aromatic N) is 1. The first-order valence-electron chi connectivity index (χ1n) is 14.0. The molecule has 36 heavy (non-hydrogen) atoms. The van der Waals surface area contributed by atoms with E-state index in [0.717, 1.165) is 32.1 Å². The highest BCUT2D eigenvalue weighted by atomic mass is 16.2. The Labute approximate surface area is 215 Å². The van der Waals surface area contributed by atoms with Crippen LogP contribution in [0.5, 0.6) is 0 Å². The smallest absolute Gasteiger partial charge is 0.246 e. The van der Waals surface area contributed by atoms with Gasteiger partial charge in [0.25, 0.3) is 0 Å². The predicted octanol–water partition coefficient (Wildman–Crippen LogP) is 6.27. The minimum Gasteiger partial charge on any atom is -0.349 e. The van der Waals surface area contributed by atoms with Crippen LogP contribution in [0.25, 0.3) is 10.8 Å². The second kappa shape index (κ2) is 8.46. The maximum absolute atomic E-state index is 13.8. The molecule has 0 aromatic heterocycles. The van der Waals surface area contributed by atoms with Crippen molar-refractivity contribution < 1.29 is 9.59 Å². The molecule has 2 amide bonds. The van der Waals surface area contributed by atoms with Crippen molar-refractivity contribution in [3.63, 3.8) is 0 Å². The first kappa shape index (κ1) is 23.8. The largest absolute Gasteiger partial charge is 0.349 e. The zero-order valence-corrected chi connectivity index (χ0v) is 22.2. The highest BCUT2D eigenvalue weighted by Crippen LogP contribution is 2.65. The Bertz CT molecular complexity index is 1230. The normalized spacial score (nSPS) is 38.3. The summed E-state index contributed by atoms with van der Waals surface area (Å²) in [6.45, 7) is 6.93. The number of amides is 2. The number of hydrogen-bond donors (Lipinski definition) is 1. The van der Waals surface area contributed by atoms with Crippen molar-refractivity contribution in [3.8, 4) is 0 Å². The Morgan fingerprint density at radius 1 is 1.00 bits per heavy atom. The van der Waals surface area contributed by atoms with E-state index in [9.17, 15) is 9.59 Å². The monoisotopic (exact) mass is 484 g/mol. The maximum atomic E-state index is 13.8. The Hall–Kier alpha value is -2.62. The van der Waals surface area contributed by atoms with Crippen LogP contribution in [-0.2, 0) is 9.59 Å². The summed E-state index contributed by atoms with van der Waals surface area (Å²) >= 11 is 0. The predicted molar refractivity (Wildman–Crippen MR) is 144 cm³/mol. The molecule has 2 unspecified atom stereocenters. The van der Waals surface area contributed by atoms with Crippen molar-refractivity contribution in [1.82, 2.24) is 10.2 Å². The van der Waals surface area contributed by atoms with Gasteiger partial charge in [-0.3, -0.25) is 9.59 Å². The Balaban J connectivity index is 1.22. The third-order valence-electron chi connectivity index (χ3n) is 11.1. The van der Waals surface area contributed by atoms with Crippen LogP contribution in [0.3, 0.4) is 0 Å². The molecule has 0 bridgehead atoms. The van der Waals surface area contributed by atoms with Gasteiger partial charge in [0.2, 0.25) is 11.8 Å². The third-order valence-corrected chi connectivity index (χ3v) is 11.1. The molecule has 1 N–H and O–H groups in total. The van der Waals surface area contributed by atoms with Crippen LogP contribution in [0, 0.1) is 34.5 Å². The summed E-state index contributed by atoms with van der Waals surface area (Å²) in [6, 6.07) is 15.1. The summed E-state index contributed by atoms with van der Waals surface area (Å²) in [6.07, 6.45) is 10.7. The van der Waals surface area contributed by atoms with E-state index >= 15 is 0 Å². The molecule has 2 aromatic rings. The minimum atomic E-state index is -0.0163. The highest BCUT2D eigenvalue weighted by molar-refractivity contribution is 5.89. The number of hydrogen-bond acceptors (Lipinski definition) is 2. The molecule has 3 fully saturated rings. The zero-order valence-electron chi connectivity index (χ0n) is 22.2. The summed E-state index contributed by atoms with van der Waals surface area (Å²) in [5, 5.41) is 5.87. The van der Waals surface area contributed by atoms with Crippen molar-refractivity contribution in [2.24, 2.45) is 34.5 Å². The van der Waals surface area contributed by atoms with Crippen LogP contribution in [0.15, 0.2) is 54.6 Å². The summed E-state index contributed by atoms with van der Waals surface area (Å²) in [7, 11) is 1.98. The van der Waals surface area contributed by atoms with E-state index in [1.807, 2.05) is 18.0 Å². The fourth-order valence-corrected chi connectivity index (χ4v) is 9.19. The van der Waals surface area contributed by atoms with Gasteiger partial charge in [0.15, 0.2) is 0 Å². The third kappa shape index (κ3) is 3.39. The maximum Gasteiger partial charge on any atom is 0.246 e. The van der Waals surface area contributed by atoms with E-state index in [0.29, 0.717) is 23.8 Å². The number of fused-ring (bicyclic) bond motifs is 6. The molecule has 2 aromatic carbocycles. The second-order valence-corrected chi connectivity index (χ2v) is 12.6. The number of carbonyl (C=O) groups excluding carboxylic acids is 2. The molecule has 0 spiro atoms. The van der Waals surface area contributed by atoms with E-state index in [-0.39, 0.29) is 34.6 Å². The quantitative estimate of drug-likeness (QED) is 0.558. The van der Waals surface area contributed by atoms with Gasteiger partial charge in [-0.25, -0.2) is 0 Å². The van der Waals surface area contributed by atoms with Crippen molar-refractivity contribution in [1.29, 1.82) is 0 Å². The Morgan fingerprint density at radius 3 is 2.61 bits per heavy atom. The van der Waals surface area contributed by atoms with Gasteiger partial charge in [0.1, 0.15) is 0 Å². The molecule has 3 aliphatic carbocycles. The number of likely N-dealkylation sites (N-methyl/N-ethyl adjacent to an activating group) is 1. The van der Waals surface area contributed by atoms with Crippen molar-refractivity contribution in [2.75, 3.05) is 7.05 Å². The van der Waals surface area contributed by atoms with Crippen LogP contribution in [0.1, 0.15) is 70.9 Å². The van der Waals surface area contributed by atoms with Crippen LogP contribution < -0.4 is 5.32 Å². The van der Waals surface area contributed by atoms with Crippen LogP contribution >= 0.6 is 0 Å².